The van der Waals surface area contributed by atoms with E-state index in [2.05, 4.69) is 10.1 Å². The van der Waals surface area contributed by atoms with Crippen molar-refractivity contribution in [2.75, 3.05) is 13.2 Å². The highest BCUT2D eigenvalue weighted by Crippen LogP contribution is 2.29. The molecule has 0 bridgehead atoms. The van der Waals surface area contributed by atoms with E-state index in [1.54, 1.807) is 0 Å². The van der Waals surface area contributed by atoms with E-state index >= 15 is 0 Å². The van der Waals surface area contributed by atoms with Crippen LogP contribution in [-0.4, -0.2) is 30.1 Å². The molecule has 1 heterocycles. The molecule has 116 valence electrons. The van der Waals surface area contributed by atoms with Crippen LogP contribution >= 0.6 is 11.3 Å². The van der Waals surface area contributed by atoms with Crippen LogP contribution in [0.4, 0.5) is 4.39 Å². The number of benzene rings is 1. The Morgan fingerprint density at radius 1 is 1.41 bits per heavy atom. The summed E-state index contributed by atoms with van der Waals surface area (Å²) in [6.07, 6.45) is 0. The summed E-state index contributed by atoms with van der Waals surface area (Å²) in [5.74, 6) is -2.31. The largest absolute Gasteiger partial charge is 0.506 e. The van der Waals surface area contributed by atoms with Crippen LogP contribution in [0.25, 0.3) is 10.1 Å². The summed E-state index contributed by atoms with van der Waals surface area (Å²) in [4.78, 5) is 34.5. The molecule has 0 spiro atoms. The smallest absolute Gasteiger partial charge is 0.302 e. The van der Waals surface area contributed by atoms with Crippen molar-refractivity contribution >= 4 is 33.3 Å². The van der Waals surface area contributed by atoms with Crippen molar-refractivity contribution in [2.45, 2.75) is 6.92 Å². The molecule has 0 unspecified atom stereocenters. The minimum Gasteiger partial charge on any atom is -0.506 e. The number of amides is 1. The molecule has 0 saturated carbocycles. The fraction of sp³-hybridized carbons (Fsp3) is 0.214. The van der Waals surface area contributed by atoms with Crippen LogP contribution in [0.15, 0.2) is 23.0 Å². The molecular weight excluding hydrogens is 313 g/mol. The van der Waals surface area contributed by atoms with Crippen molar-refractivity contribution < 1.29 is 23.8 Å². The van der Waals surface area contributed by atoms with Crippen LogP contribution in [-0.2, 0) is 9.53 Å². The molecule has 1 amide bonds. The predicted octanol–water partition coefficient (Wildman–Crippen LogP) is 1.40. The number of nitrogens with one attached hydrogen (secondary N) is 1. The first-order chi connectivity index (χ1) is 10.4. The number of carbonyl (C=O) groups is 2. The van der Waals surface area contributed by atoms with Gasteiger partial charge in [0.25, 0.3) is 5.91 Å². The molecular formula is C14H12FNO5S. The topological polar surface area (TPSA) is 92.7 Å². The zero-order chi connectivity index (χ0) is 16.3. The van der Waals surface area contributed by atoms with E-state index in [0.717, 1.165) is 12.1 Å². The number of esters is 1. The van der Waals surface area contributed by atoms with Crippen molar-refractivity contribution in [3.63, 3.8) is 0 Å². The van der Waals surface area contributed by atoms with E-state index in [9.17, 15) is 23.9 Å². The van der Waals surface area contributed by atoms with Gasteiger partial charge in [-0.2, -0.15) is 0 Å². The second-order valence-electron chi connectivity index (χ2n) is 4.35. The van der Waals surface area contributed by atoms with E-state index in [0.29, 0.717) is 11.3 Å². The van der Waals surface area contributed by atoms with Gasteiger partial charge in [-0.3, -0.25) is 14.4 Å². The molecule has 1 aromatic heterocycles. The minimum absolute atomic E-state index is 0.00339. The molecule has 22 heavy (non-hydrogen) atoms. The number of carbonyl (C=O) groups excluding carboxylic acids is 2. The normalized spacial score (nSPS) is 10.5. The van der Waals surface area contributed by atoms with E-state index in [1.807, 2.05) is 0 Å². The Morgan fingerprint density at radius 3 is 2.82 bits per heavy atom. The lowest BCUT2D eigenvalue weighted by Gasteiger charge is -2.08. The number of halogens is 1. The van der Waals surface area contributed by atoms with Gasteiger partial charge in [0.1, 0.15) is 23.7 Å². The molecule has 6 nitrogen and oxygen atoms in total. The van der Waals surface area contributed by atoms with Gasteiger partial charge >= 0.3 is 5.97 Å². The number of hydrogen-bond donors (Lipinski definition) is 2. The van der Waals surface area contributed by atoms with Gasteiger partial charge in [0.2, 0.25) is 4.74 Å². The van der Waals surface area contributed by atoms with Gasteiger partial charge < -0.3 is 15.2 Å². The van der Waals surface area contributed by atoms with Crippen molar-refractivity contribution in [3.8, 4) is 5.75 Å². The Kier molecular flexibility index (Phi) is 4.71. The molecule has 0 saturated heterocycles. The zero-order valence-electron chi connectivity index (χ0n) is 11.5. The average Bonchev–Trinajstić information content (AvgIpc) is 2.42. The van der Waals surface area contributed by atoms with Crippen molar-refractivity contribution in [3.05, 3.63) is 39.1 Å². The first kappa shape index (κ1) is 15.9. The van der Waals surface area contributed by atoms with Gasteiger partial charge in [-0.05, 0) is 18.2 Å². The number of fused-ring (bicyclic) bond motifs is 1. The third-order valence-electron chi connectivity index (χ3n) is 2.76. The Balaban J connectivity index is 2.27. The molecule has 0 radical (unpaired) electrons. The molecule has 0 atom stereocenters. The quantitative estimate of drug-likeness (QED) is 0.655. The lowest BCUT2D eigenvalue weighted by Crippen LogP contribution is -2.31. The van der Waals surface area contributed by atoms with Crippen LogP contribution in [0.1, 0.15) is 17.3 Å². The van der Waals surface area contributed by atoms with Gasteiger partial charge in [0, 0.05) is 17.0 Å². The van der Waals surface area contributed by atoms with Crippen molar-refractivity contribution in [2.24, 2.45) is 0 Å². The summed E-state index contributed by atoms with van der Waals surface area (Å²) in [6.45, 7) is 1.19. The van der Waals surface area contributed by atoms with Crippen LogP contribution in [0, 0.1) is 5.82 Å². The standard InChI is InChI=1S/C14H12FNO5S/c1-7(17)21-5-4-16-13(19)11-12(18)9-3-2-8(15)6-10(9)22-14(11)20/h2-3,6,18H,4-5H2,1H3,(H,16,19). The summed E-state index contributed by atoms with van der Waals surface area (Å²) in [5, 5.41) is 12.7. The van der Waals surface area contributed by atoms with Gasteiger partial charge in [-0.1, -0.05) is 11.3 Å². The Bertz CT molecular complexity index is 802. The fourth-order valence-electron chi connectivity index (χ4n) is 1.81. The first-order valence-electron chi connectivity index (χ1n) is 6.27. The molecule has 0 aliphatic heterocycles. The summed E-state index contributed by atoms with van der Waals surface area (Å²) in [5.41, 5.74) is -0.410. The number of rotatable bonds is 4. The number of ether oxygens (including phenoxy) is 1. The maximum Gasteiger partial charge on any atom is 0.302 e. The van der Waals surface area contributed by atoms with Gasteiger partial charge in [0.15, 0.2) is 0 Å². The Labute approximate surface area is 128 Å². The van der Waals surface area contributed by atoms with Crippen LogP contribution in [0.5, 0.6) is 5.75 Å². The van der Waals surface area contributed by atoms with E-state index in [-0.39, 0.29) is 23.2 Å². The Morgan fingerprint density at radius 2 is 2.14 bits per heavy atom. The third-order valence-corrected chi connectivity index (χ3v) is 3.71. The minimum atomic E-state index is -0.780. The molecule has 0 aliphatic rings. The molecule has 0 aliphatic carbocycles. The highest BCUT2D eigenvalue weighted by molar-refractivity contribution is 7.16. The zero-order valence-corrected chi connectivity index (χ0v) is 12.3. The molecule has 2 N–H and O–H groups in total. The van der Waals surface area contributed by atoms with Crippen LogP contribution < -0.4 is 10.1 Å². The highest BCUT2D eigenvalue weighted by atomic mass is 32.1. The van der Waals surface area contributed by atoms with Gasteiger partial charge in [-0.15, -0.1) is 0 Å². The summed E-state index contributed by atoms with van der Waals surface area (Å²) >= 11 is 0.667. The fourth-order valence-corrected chi connectivity index (χ4v) is 2.74. The number of hydrogen-bond acceptors (Lipinski definition) is 6. The van der Waals surface area contributed by atoms with Gasteiger partial charge in [-0.25, -0.2) is 4.39 Å². The lowest BCUT2D eigenvalue weighted by molar-refractivity contribution is -0.140. The molecule has 0 fully saturated rings. The summed E-state index contributed by atoms with van der Waals surface area (Å²) in [7, 11) is 0. The summed E-state index contributed by atoms with van der Waals surface area (Å²) < 4.78 is 17.3. The van der Waals surface area contributed by atoms with E-state index < -0.39 is 33.7 Å². The number of aromatic hydroxyl groups is 1. The third kappa shape index (κ3) is 3.40. The molecule has 2 rings (SSSR count). The molecule has 1 aromatic carbocycles. The first-order valence-corrected chi connectivity index (χ1v) is 7.08. The second kappa shape index (κ2) is 6.52. The van der Waals surface area contributed by atoms with Crippen molar-refractivity contribution in [1.29, 1.82) is 0 Å². The van der Waals surface area contributed by atoms with Crippen molar-refractivity contribution in [1.82, 2.24) is 5.32 Å². The van der Waals surface area contributed by atoms with Crippen LogP contribution in [0.2, 0.25) is 0 Å². The van der Waals surface area contributed by atoms with E-state index in [4.69, 9.17) is 0 Å². The monoisotopic (exact) mass is 325 g/mol. The second-order valence-corrected chi connectivity index (χ2v) is 5.36. The highest BCUT2D eigenvalue weighted by Gasteiger charge is 2.19. The predicted molar refractivity (Wildman–Crippen MR) is 78.7 cm³/mol. The Hall–Kier alpha value is -2.48. The van der Waals surface area contributed by atoms with Gasteiger partial charge in [0.05, 0.1) is 6.54 Å². The molecule has 8 heteroatoms. The maximum atomic E-state index is 13.1. The summed E-state index contributed by atoms with van der Waals surface area (Å²) in [6, 6.07) is 3.54. The molecule has 2 aromatic rings. The van der Waals surface area contributed by atoms with E-state index in [1.165, 1.54) is 13.0 Å². The average molecular weight is 325 g/mol. The maximum absolute atomic E-state index is 13.1. The van der Waals surface area contributed by atoms with Crippen LogP contribution in [0.3, 0.4) is 0 Å². The SMILES string of the molecule is CC(=O)OCCNC(=O)c1c(O)c2ccc(F)cc2sc1=O. The lowest BCUT2D eigenvalue weighted by atomic mass is 10.1.